The zero-order valence-electron chi connectivity index (χ0n) is 9.15. The Morgan fingerprint density at radius 3 is 2.33 bits per heavy atom. The molecule has 0 fully saturated rings. The van der Waals surface area contributed by atoms with Gasteiger partial charge in [-0.15, -0.1) is 0 Å². The summed E-state index contributed by atoms with van der Waals surface area (Å²) >= 11 is 12.0. The highest BCUT2D eigenvalue weighted by Gasteiger charge is 2.10. The van der Waals surface area contributed by atoms with Crippen LogP contribution in [0.15, 0.2) is 36.4 Å². The maximum absolute atomic E-state index is 10.9. The maximum Gasteiger partial charge on any atom is 0.152 e. The van der Waals surface area contributed by atoms with E-state index in [2.05, 4.69) is 5.32 Å². The van der Waals surface area contributed by atoms with Crippen LogP contribution >= 0.6 is 23.2 Å². The van der Waals surface area contributed by atoms with Crippen LogP contribution in [0.2, 0.25) is 10.0 Å². The highest BCUT2D eigenvalue weighted by molar-refractivity contribution is 6.39. The molecule has 0 atom stereocenters. The van der Waals surface area contributed by atoms with Crippen molar-refractivity contribution in [3.8, 4) is 5.75 Å². The van der Waals surface area contributed by atoms with Crippen molar-refractivity contribution in [1.82, 2.24) is 0 Å². The van der Waals surface area contributed by atoms with Crippen LogP contribution in [-0.2, 0) is 0 Å². The van der Waals surface area contributed by atoms with Gasteiger partial charge in [0.25, 0.3) is 0 Å². The summed E-state index contributed by atoms with van der Waals surface area (Å²) in [6.07, 6.45) is 0.741. The lowest BCUT2D eigenvalue weighted by atomic mass is 10.2. The van der Waals surface area contributed by atoms with Crippen molar-refractivity contribution in [3.63, 3.8) is 0 Å². The third kappa shape index (κ3) is 2.58. The Morgan fingerprint density at radius 1 is 1.11 bits per heavy atom. The lowest BCUT2D eigenvalue weighted by Crippen LogP contribution is -1.96. The number of anilines is 2. The number of rotatable bonds is 3. The Bertz CT molecular complexity index is 576. The van der Waals surface area contributed by atoms with Gasteiger partial charge in [-0.05, 0) is 12.1 Å². The van der Waals surface area contributed by atoms with E-state index in [0.717, 1.165) is 6.29 Å². The van der Waals surface area contributed by atoms with Gasteiger partial charge in [-0.25, -0.2) is 0 Å². The Kier molecular flexibility index (Phi) is 3.75. The largest absolute Gasteiger partial charge is 0.508 e. The van der Waals surface area contributed by atoms with Crippen LogP contribution in [0.5, 0.6) is 5.75 Å². The molecule has 0 unspecified atom stereocenters. The van der Waals surface area contributed by atoms with Crippen molar-refractivity contribution in [3.05, 3.63) is 52.0 Å². The van der Waals surface area contributed by atoms with Crippen LogP contribution in [0.25, 0.3) is 0 Å². The van der Waals surface area contributed by atoms with Crippen molar-refractivity contribution < 1.29 is 9.90 Å². The molecule has 0 aromatic heterocycles. The first-order valence-electron chi connectivity index (χ1n) is 5.11. The minimum Gasteiger partial charge on any atom is -0.508 e. The molecule has 0 spiro atoms. The molecule has 5 heteroatoms. The topological polar surface area (TPSA) is 49.3 Å². The van der Waals surface area contributed by atoms with E-state index in [9.17, 15) is 9.90 Å². The molecule has 2 aromatic carbocycles. The average molecular weight is 282 g/mol. The number of phenols is 1. The lowest BCUT2D eigenvalue weighted by Gasteiger charge is -2.12. The predicted molar refractivity (Wildman–Crippen MR) is 73.2 cm³/mol. The molecule has 2 N–H and O–H groups in total. The predicted octanol–water partition coefficient (Wildman–Crippen LogP) is 4.26. The van der Waals surface area contributed by atoms with Crippen molar-refractivity contribution in [2.24, 2.45) is 0 Å². The van der Waals surface area contributed by atoms with Gasteiger partial charge in [0.05, 0.1) is 15.7 Å². The first-order chi connectivity index (χ1) is 8.61. The van der Waals surface area contributed by atoms with Gasteiger partial charge in [-0.1, -0.05) is 35.3 Å². The fourth-order valence-electron chi connectivity index (χ4n) is 1.53. The number of phenolic OH excluding ortho intramolecular Hbond substituents is 1. The summed E-state index contributed by atoms with van der Waals surface area (Å²) in [6, 6.07) is 9.71. The molecule has 92 valence electrons. The molecule has 0 heterocycles. The van der Waals surface area contributed by atoms with E-state index in [1.165, 1.54) is 12.1 Å². The van der Waals surface area contributed by atoms with Gasteiger partial charge < -0.3 is 10.4 Å². The minimum absolute atomic E-state index is 0.0146. The van der Waals surface area contributed by atoms with Crippen LogP contribution in [-0.4, -0.2) is 11.4 Å². The number of carbonyl (C=O) groups is 1. The van der Waals surface area contributed by atoms with E-state index >= 15 is 0 Å². The highest BCUT2D eigenvalue weighted by Crippen LogP contribution is 2.36. The molecule has 0 saturated carbocycles. The number of hydrogen-bond acceptors (Lipinski definition) is 3. The molecule has 0 aliphatic rings. The number of aldehydes is 1. The van der Waals surface area contributed by atoms with Crippen LogP contribution in [0.3, 0.4) is 0 Å². The van der Waals surface area contributed by atoms with Crippen molar-refractivity contribution in [1.29, 1.82) is 0 Å². The molecule has 2 rings (SSSR count). The van der Waals surface area contributed by atoms with Gasteiger partial charge in [0, 0.05) is 23.4 Å². The number of nitrogens with one attached hydrogen (secondary N) is 1. The van der Waals surface area contributed by atoms with Crippen molar-refractivity contribution in [2.75, 3.05) is 5.32 Å². The number of para-hydroxylation sites is 1. The molecule has 3 nitrogen and oxygen atoms in total. The number of halogens is 2. The van der Waals surface area contributed by atoms with Crippen LogP contribution in [0.1, 0.15) is 10.4 Å². The van der Waals surface area contributed by atoms with Crippen molar-refractivity contribution in [2.45, 2.75) is 0 Å². The van der Waals surface area contributed by atoms with Gasteiger partial charge in [-0.2, -0.15) is 0 Å². The molecular formula is C13H9Cl2NO2. The summed E-state index contributed by atoms with van der Waals surface area (Å²) < 4.78 is 0. The van der Waals surface area contributed by atoms with E-state index in [1.54, 1.807) is 24.3 Å². The molecular weight excluding hydrogens is 273 g/mol. The highest BCUT2D eigenvalue weighted by atomic mass is 35.5. The first-order valence-corrected chi connectivity index (χ1v) is 5.86. The van der Waals surface area contributed by atoms with Crippen LogP contribution in [0, 0.1) is 0 Å². The smallest absolute Gasteiger partial charge is 0.152 e. The average Bonchev–Trinajstić information content (AvgIpc) is 2.34. The summed E-state index contributed by atoms with van der Waals surface area (Å²) in [5.74, 6) is -0.0146. The van der Waals surface area contributed by atoms with Crippen LogP contribution < -0.4 is 5.32 Å². The molecule has 0 saturated heterocycles. The Hall–Kier alpha value is -1.71. The van der Waals surface area contributed by atoms with Crippen LogP contribution in [0.4, 0.5) is 11.4 Å². The van der Waals surface area contributed by atoms with E-state index in [0.29, 0.717) is 16.9 Å². The molecule has 0 bridgehead atoms. The molecule has 0 amide bonds. The van der Waals surface area contributed by atoms with E-state index < -0.39 is 0 Å². The Morgan fingerprint density at radius 2 is 1.72 bits per heavy atom. The second kappa shape index (κ2) is 5.29. The molecule has 0 aliphatic carbocycles. The fraction of sp³-hybridized carbons (Fsp3) is 0. The molecule has 2 aromatic rings. The van der Waals surface area contributed by atoms with Gasteiger partial charge in [0.2, 0.25) is 0 Å². The number of benzene rings is 2. The number of carbonyl (C=O) groups excluding carboxylic acids is 1. The number of hydrogen-bond donors (Lipinski definition) is 2. The standard InChI is InChI=1S/C13H9Cl2NO2/c14-10-5-9(18)6-11(15)13(10)16-12-4-2-1-3-8(12)7-17/h1-7,16,18H. The normalized spacial score (nSPS) is 10.1. The molecule has 0 radical (unpaired) electrons. The zero-order valence-corrected chi connectivity index (χ0v) is 10.7. The quantitative estimate of drug-likeness (QED) is 0.653. The Balaban J connectivity index is 2.43. The molecule has 18 heavy (non-hydrogen) atoms. The zero-order chi connectivity index (χ0) is 13.1. The summed E-state index contributed by atoms with van der Waals surface area (Å²) in [4.78, 5) is 10.9. The first kappa shape index (κ1) is 12.7. The van der Waals surface area contributed by atoms with Crippen molar-refractivity contribution >= 4 is 40.9 Å². The number of aromatic hydroxyl groups is 1. The second-order valence-electron chi connectivity index (χ2n) is 3.61. The minimum atomic E-state index is -0.0146. The SMILES string of the molecule is O=Cc1ccccc1Nc1c(Cl)cc(O)cc1Cl. The summed E-state index contributed by atoms with van der Waals surface area (Å²) in [5, 5.41) is 12.9. The third-order valence-electron chi connectivity index (χ3n) is 2.37. The summed E-state index contributed by atoms with van der Waals surface area (Å²) in [6.45, 7) is 0. The summed E-state index contributed by atoms with van der Waals surface area (Å²) in [5.41, 5.74) is 1.55. The van der Waals surface area contributed by atoms with Gasteiger partial charge in [0.1, 0.15) is 5.75 Å². The fourth-order valence-corrected chi connectivity index (χ4v) is 2.10. The lowest BCUT2D eigenvalue weighted by molar-refractivity contribution is 0.112. The van der Waals surface area contributed by atoms with E-state index in [1.807, 2.05) is 0 Å². The molecule has 0 aliphatic heterocycles. The van der Waals surface area contributed by atoms with Gasteiger partial charge in [-0.3, -0.25) is 4.79 Å². The van der Waals surface area contributed by atoms with Gasteiger partial charge in [0.15, 0.2) is 6.29 Å². The third-order valence-corrected chi connectivity index (χ3v) is 2.97. The summed E-state index contributed by atoms with van der Waals surface area (Å²) in [7, 11) is 0. The van der Waals surface area contributed by atoms with E-state index in [-0.39, 0.29) is 15.8 Å². The maximum atomic E-state index is 10.9. The van der Waals surface area contributed by atoms with Gasteiger partial charge >= 0.3 is 0 Å². The monoisotopic (exact) mass is 281 g/mol. The van der Waals surface area contributed by atoms with E-state index in [4.69, 9.17) is 23.2 Å². The Labute approximate surface area is 114 Å². The second-order valence-corrected chi connectivity index (χ2v) is 4.43.